The molecule has 1 aliphatic rings. The van der Waals surface area contributed by atoms with E-state index in [2.05, 4.69) is 0 Å². The number of rotatable bonds is 4. The van der Waals surface area contributed by atoms with Crippen LogP contribution in [0.15, 0.2) is 18.2 Å². The zero-order valence-electron chi connectivity index (χ0n) is 12.6. The maximum Gasteiger partial charge on any atom is 0.263 e. The molecule has 1 aromatic carbocycles. The average molecular weight is 294 g/mol. The third-order valence-electron chi connectivity index (χ3n) is 3.79. The van der Waals surface area contributed by atoms with Crippen LogP contribution in [0, 0.1) is 5.82 Å². The SMILES string of the molecule is CC(Oc1ccc([C@H](C)N)c(F)c1)C(=O)N1CCCCC1. The van der Waals surface area contributed by atoms with E-state index in [4.69, 9.17) is 10.5 Å². The monoisotopic (exact) mass is 294 g/mol. The maximum atomic E-state index is 13.9. The van der Waals surface area contributed by atoms with Crippen molar-refractivity contribution < 1.29 is 13.9 Å². The number of benzene rings is 1. The van der Waals surface area contributed by atoms with E-state index in [1.807, 2.05) is 4.90 Å². The normalized spacial score (nSPS) is 18.2. The predicted octanol–water partition coefficient (Wildman–Crippen LogP) is 2.63. The minimum atomic E-state index is -0.608. The van der Waals surface area contributed by atoms with Crippen LogP contribution in [0.3, 0.4) is 0 Å². The highest BCUT2D eigenvalue weighted by atomic mass is 19.1. The van der Waals surface area contributed by atoms with Crippen molar-refractivity contribution in [3.63, 3.8) is 0 Å². The number of carbonyl (C=O) groups is 1. The largest absolute Gasteiger partial charge is 0.481 e. The molecule has 2 atom stereocenters. The lowest BCUT2D eigenvalue weighted by atomic mass is 10.1. The number of likely N-dealkylation sites (tertiary alicyclic amines) is 1. The van der Waals surface area contributed by atoms with Gasteiger partial charge >= 0.3 is 0 Å². The van der Waals surface area contributed by atoms with Crippen LogP contribution in [0.5, 0.6) is 5.75 Å². The molecule has 0 radical (unpaired) electrons. The Hall–Kier alpha value is -1.62. The molecule has 1 heterocycles. The summed E-state index contributed by atoms with van der Waals surface area (Å²) < 4.78 is 19.4. The molecule has 1 saturated heterocycles. The van der Waals surface area contributed by atoms with Crippen molar-refractivity contribution in [1.82, 2.24) is 4.90 Å². The fraction of sp³-hybridized carbons (Fsp3) is 0.562. The van der Waals surface area contributed by atoms with E-state index in [-0.39, 0.29) is 11.9 Å². The second-order valence-corrected chi connectivity index (χ2v) is 5.62. The van der Waals surface area contributed by atoms with Gasteiger partial charge in [-0.15, -0.1) is 0 Å². The Morgan fingerprint density at radius 1 is 1.29 bits per heavy atom. The van der Waals surface area contributed by atoms with Crippen molar-refractivity contribution >= 4 is 5.91 Å². The summed E-state index contributed by atoms with van der Waals surface area (Å²) in [5.41, 5.74) is 6.11. The zero-order valence-corrected chi connectivity index (χ0v) is 12.6. The molecule has 1 aliphatic heterocycles. The van der Waals surface area contributed by atoms with Gasteiger partial charge in [0.05, 0.1) is 0 Å². The number of nitrogens with two attached hydrogens (primary N) is 1. The smallest absolute Gasteiger partial charge is 0.263 e. The summed E-state index contributed by atoms with van der Waals surface area (Å²) in [7, 11) is 0. The molecule has 0 bridgehead atoms. The molecule has 1 aromatic rings. The highest BCUT2D eigenvalue weighted by molar-refractivity contribution is 5.81. The molecule has 21 heavy (non-hydrogen) atoms. The molecular formula is C16H23FN2O2. The van der Waals surface area contributed by atoms with Crippen molar-refractivity contribution in [2.45, 2.75) is 45.3 Å². The van der Waals surface area contributed by atoms with Gasteiger partial charge in [-0.05, 0) is 39.2 Å². The van der Waals surface area contributed by atoms with Gasteiger partial charge in [-0.1, -0.05) is 6.07 Å². The topological polar surface area (TPSA) is 55.6 Å². The van der Waals surface area contributed by atoms with Crippen LogP contribution >= 0.6 is 0 Å². The molecule has 0 saturated carbocycles. The Balaban J connectivity index is 2.00. The Kier molecular flexibility index (Phi) is 5.17. The number of amides is 1. The van der Waals surface area contributed by atoms with Gasteiger partial charge in [0.2, 0.25) is 0 Å². The molecule has 0 aliphatic carbocycles. The van der Waals surface area contributed by atoms with Gasteiger partial charge in [-0.2, -0.15) is 0 Å². The Morgan fingerprint density at radius 3 is 2.52 bits per heavy atom. The number of hydrogen-bond donors (Lipinski definition) is 1. The van der Waals surface area contributed by atoms with E-state index in [9.17, 15) is 9.18 Å². The van der Waals surface area contributed by atoms with Crippen molar-refractivity contribution in [2.75, 3.05) is 13.1 Å². The third kappa shape index (κ3) is 3.94. The van der Waals surface area contributed by atoms with Crippen LogP contribution in [0.1, 0.15) is 44.7 Å². The predicted molar refractivity (Wildman–Crippen MR) is 79.5 cm³/mol. The fourth-order valence-electron chi connectivity index (χ4n) is 2.58. The zero-order chi connectivity index (χ0) is 15.4. The van der Waals surface area contributed by atoms with Gasteiger partial charge in [-0.3, -0.25) is 4.79 Å². The Bertz CT molecular complexity index is 499. The van der Waals surface area contributed by atoms with Crippen molar-refractivity contribution in [2.24, 2.45) is 5.73 Å². The minimum Gasteiger partial charge on any atom is -0.481 e. The minimum absolute atomic E-state index is 0.0358. The summed E-state index contributed by atoms with van der Waals surface area (Å²) >= 11 is 0. The van der Waals surface area contributed by atoms with E-state index in [1.54, 1.807) is 26.0 Å². The standard InChI is InChI=1S/C16H23FN2O2/c1-11(18)14-7-6-13(10-15(14)17)21-12(2)16(20)19-8-4-3-5-9-19/h6-7,10-12H,3-5,8-9,18H2,1-2H3/t11-,12?/m0/s1. The Morgan fingerprint density at radius 2 is 1.95 bits per heavy atom. The van der Waals surface area contributed by atoms with Gasteiger partial charge in [0.15, 0.2) is 6.10 Å². The van der Waals surface area contributed by atoms with Crippen molar-refractivity contribution in [3.05, 3.63) is 29.6 Å². The number of halogens is 1. The average Bonchev–Trinajstić information content (AvgIpc) is 2.47. The van der Waals surface area contributed by atoms with Gasteiger partial charge in [0.25, 0.3) is 5.91 Å². The molecule has 5 heteroatoms. The summed E-state index contributed by atoms with van der Waals surface area (Å²) in [5, 5.41) is 0. The van der Waals surface area contributed by atoms with E-state index in [1.165, 1.54) is 12.5 Å². The summed E-state index contributed by atoms with van der Waals surface area (Å²) in [6, 6.07) is 4.18. The van der Waals surface area contributed by atoms with E-state index >= 15 is 0 Å². The first-order chi connectivity index (χ1) is 9.99. The van der Waals surface area contributed by atoms with Gasteiger partial charge in [-0.25, -0.2) is 4.39 Å². The molecule has 1 fully saturated rings. The fourth-order valence-corrected chi connectivity index (χ4v) is 2.58. The molecule has 2 N–H and O–H groups in total. The molecule has 116 valence electrons. The van der Waals surface area contributed by atoms with E-state index in [0.29, 0.717) is 11.3 Å². The van der Waals surface area contributed by atoms with Gasteiger partial charge < -0.3 is 15.4 Å². The lowest BCUT2D eigenvalue weighted by molar-refractivity contribution is -0.138. The number of piperidine rings is 1. The molecule has 4 nitrogen and oxygen atoms in total. The number of carbonyl (C=O) groups excluding carboxylic acids is 1. The molecule has 2 rings (SSSR count). The second-order valence-electron chi connectivity index (χ2n) is 5.62. The van der Waals surface area contributed by atoms with Crippen LogP contribution in [-0.2, 0) is 4.79 Å². The molecule has 1 unspecified atom stereocenters. The maximum absolute atomic E-state index is 13.9. The Labute approximate surface area is 125 Å². The van der Waals surface area contributed by atoms with Crippen LogP contribution in [0.25, 0.3) is 0 Å². The number of hydrogen-bond acceptors (Lipinski definition) is 3. The van der Waals surface area contributed by atoms with Gasteiger partial charge in [0.1, 0.15) is 11.6 Å². The molecule has 0 aromatic heterocycles. The molecule has 1 amide bonds. The van der Waals surface area contributed by atoms with E-state index in [0.717, 1.165) is 25.9 Å². The summed E-state index contributed by atoms with van der Waals surface area (Å²) in [4.78, 5) is 14.1. The molecule has 0 spiro atoms. The summed E-state index contributed by atoms with van der Waals surface area (Å²) in [5.74, 6) is -0.0822. The summed E-state index contributed by atoms with van der Waals surface area (Å²) in [6.07, 6.45) is 2.64. The number of ether oxygens (including phenoxy) is 1. The lowest BCUT2D eigenvalue weighted by Crippen LogP contribution is -2.43. The molecular weight excluding hydrogens is 271 g/mol. The highest BCUT2D eigenvalue weighted by Crippen LogP contribution is 2.22. The van der Waals surface area contributed by atoms with Crippen molar-refractivity contribution in [3.8, 4) is 5.75 Å². The second kappa shape index (κ2) is 6.89. The van der Waals surface area contributed by atoms with Crippen LogP contribution < -0.4 is 10.5 Å². The third-order valence-corrected chi connectivity index (χ3v) is 3.79. The lowest BCUT2D eigenvalue weighted by Gasteiger charge is -2.29. The van der Waals surface area contributed by atoms with Crippen LogP contribution in [0.2, 0.25) is 0 Å². The van der Waals surface area contributed by atoms with Crippen LogP contribution in [0.4, 0.5) is 4.39 Å². The highest BCUT2D eigenvalue weighted by Gasteiger charge is 2.23. The van der Waals surface area contributed by atoms with Gasteiger partial charge in [0, 0.05) is 30.8 Å². The van der Waals surface area contributed by atoms with Crippen molar-refractivity contribution in [1.29, 1.82) is 0 Å². The van der Waals surface area contributed by atoms with Crippen LogP contribution in [-0.4, -0.2) is 30.0 Å². The first-order valence-electron chi connectivity index (χ1n) is 7.49. The quantitative estimate of drug-likeness (QED) is 0.928. The number of nitrogens with zero attached hydrogens (tertiary/aromatic N) is 1. The first-order valence-corrected chi connectivity index (χ1v) is 7.49. The first kappa shape index (κ1) is 15.8. The van der Waals surface area contributed by atoms with E-state index < -0.39 is 11.9 Å². The summed E-state index contributed by atoms with van der Waals surface area (Å²) in [6.45, 7) is 4.99.